The predicted octanol–water partition coefficient (Wildman–Crippen LogP) is 0.500. The first-order chi connectivity index (χ1) is 9.16. The van der Waals surface area contributed by atoms with Gasteiger partial charge in [0.15, 0.2) is 0 Å². The van der Waals surface area contributed by atoms with Crippen molar-refractivity contribution in [1.29, 1.82) is 0 Å². The van der Waals surface area contributed by atoms with Crippen LogP contribution in [-0.2, 0) is 6.54 Å². The van der Waals surface area contributed by atoms with Gasteiger partial charge in [-0.2, -0.15) is 10.2 Å². The lowest BCUT2D eigenvalue weighted by molar-refractivity contribution is 0.0690. The number of aromatic nitrogens is 3. The van der Waals surface area contributed by atoms with E-state index in [0.29, 0.717) is 5.69 Å². The number of carboxylic acids is 1. The van der Waals surface area contributed by atoms with E-state index in [-0.39, 0.29) is 17.9 Å². The molecule has 0 atom stereocenters. The molecule has 0 aliphatic rings. The zero-order valence-electron chi connectivity index (χ0n) is 9.78. The molecule has 0 fully saturated rings. The molecule has 2 aromatic heterocycles. The number of carbonyl (C=O) groups excluding carboxylic acids is 1. The highest BCUT2D eigenvalue weighted by molar-refractivity contribution is 5.94. The van der Waals surface area contributed by atoms with Gasteiger partial charge in [0.1, 0.15) is 11.4 Å². The number of rotatable bonds is 4. The Balaban J connectivity index is 2.04. The monoisotopic (exact) mass is 258 g/mol. The summed E-state index contributed by atoms with van der Waals surface area (Å²) in [5.41, 5.74) is 0.473. The summed E-state index contributed by atoms with van der Waals surface area (Å²) in [6.07, 6.45) is 1.53. The van der Waals surface area contributed by atoms with Crippen molar-refractivity contribution in [1.82, 2.24) is 20.5 Å². The van der Waals surface area contributed by atoms with E-state index in [1.54, 1.807) is 12.1 Å². The third-order valence-corrected chi connectivity index (χ3v) is 2.26. The normalized spacial score (nSPS) is 9.89. The summed E-state index contributed by atoms with van der Waals surface area (Å²) in [7, 11) is 0. The predicted molar refractivity (Wildman–Crippen MR) is 64.4 cm³/mol. The first kappa shape index (κ1) is 12.6. The smallest absolute Gasteiger partial charge is 0.354 e. The van der Waals surface area contributed by atoms with Gasteiger partial charge >= 0.3 is 5.97 Å². The van der Waals surface area contributed by atoms with Crippen LogP contribution in [0.15, 0.2) is 36.5 Å². The molecule has 0 spiro atoms. The second kappa shape index (κ2) is 5.67. The second-order valence-electron chi connectivity index (χ2n) is 3.61. The van der Waals surface area contributed by atoms with Gasteiger partial charge in [-0.25, -0.2) is 9.78 Å². The molecule has 0 aliphatic heterocycles. The van der Waals surface area contributed by atoms with Gasteiger partial charge < -0.3 is 10.4 Å². The maximum absolute atomic E-state index is 11.8. The number of aromatic carboxylic acids is 1. The van der Waals surface area contributed by atoms with E-state index in [4.69, 9.17) is 5.11 Å². The van der Waals surface area contributed by atoms with Crippen LogP contribution < -0.4 is 5.32 Å². The lowest BCUT2D eigenvalue weighted by Gasteiger charge is -2.04. The molecule has 0 saturated heterocycles. The fourth-order valence-corrected chi connectivity index (χ4v) is 1.37. The van der Waals surface area contributed by atoms with Crippen LogP contribution in [0.2, 0.25) is 0 Å². The molecule has 0 aromatic carbocycles. The fourth-order valence-electron chi connectivity index (χ4n) is 1.37. The summed E-state index contributed by atoms with van der Waals surface area (Å²) in [5, 5.41) is 18.9. The van der Waals surface area contributed by atoms with Gasteiger partial charge in [0.25, 0.3) is 5.91 Å². The summed E-state index contributed by atoms with van der Waals surface area (Å²) < 4.78 is 0. The van der Waals surface area contributed by atoms with Crippen LogP contribution in [0.3, 0.4) is 0 Å². The molecule has 2 rings (SSSR count). The lowest BCUT2D eigenvalue weighted by Crippen LogP contribution is -2.25. The van der Waals surface area contributed by atoms with Gasteiger partial charge in [-0.3, -0.25) is 4.79 Å². The quantitative estimate of drug-likeness (QED) is 0.827. The van der Waals surface area contributed by atoms with E-state index in [1.807, 2.05) is 0 Å². The molecule has 96 valence electrons. The molecule has 2 N–H and O–H groups in total. The van der Waals surface area contributed by atoms with Crippen LogP contribution in [0.1, 0.15) is 26.7 Å². The van der Waals surface area contributed by atoms with Gasteiger partial charge in [-0.1, -0.05) is 6.07 Å². The third-order valence-electron chi connectivity index (χ3n) is 2.26. The number of hydrogen-bond donors (Lipinski definition) is 2. The number of amides is 1. The molecule has 2 heterocycles. The van der Waals surface area contributed by atoms with Crippen LogP contribution in [0.5, 0.6) is 0 Å². The third kappa shape index (κ3) is 3.32. The summed E-state index contributed by atoms with van der Waals surface area (Å²) in [4.78, 5) is 26.3. The Morgan fingerprint density at radius 1 is 1.16 bits per heavy atom. The molecule has 0 bridgehead atoms. The van der Waals surface area contributed by atoms with Crippen LogP contribution >= 0.6 is 0 Å². The number of carbonyl (C=O) groups is 2. The molecule has 0 saturated carbocycles. The summed E-state index contributed by atoms with van der Waals surface area (Å²) in [5.74, 6) is -1.64. The van der Waals surface area contributed by atoms with Crippen molar-refractivity contribution in [2.45, 2.75) is 6.54 Å². The second-order valence-corrected chi connectivity index (χ2v) is 3.61. The zero-order chi connectivity index (χ0) is 13.7. The first-order valence-corrected chi connectivity index (χ1v) is 5.42. The maximum atomic E-state index is 11.8. The maximum Gasteiger partial charge on any atom is 0.354 e. The van der Waals surface area contributed by atoms with Crippen molar-refractivity contribution in [3.05, 3.63) is 53.6 Å². The molecule has 0 radical (unpaired) electrons. The average Bonchev–Trinajstić information content (AvgIpc) is 2.46. The molecule has 0 aliphatic carbocycles. The largest absolute Gasteiger partial charge is 0.477 e. The minimum atomic E-state index is -1.18. The molecule has 7 heteroatoms. The van der Waals surface area contributed by atoms with Crippen molar-refractivity contribution in [2.75, 3.05) is 0 Å². The summed E-state index contributed by atoms with van der Waals surface area (Å²) >= 11 is 0. The Kier molecular flexibility index (Phi) is 3.77. The molecule has 0 unspecified atom stereocenters. The first-order valence-electron chi connectivity index (χ1n) is 5.42. The highest BCUT2D eigenvalue weighted by Gasteiger charge is 2.11. The highest BCUT2D eigenvalue weighted by Crippen LogP contribution is 2.00. The summed E-state index contributed by atoms with van der Waals surface area (Å²) in [6.45, 7) is 0.200. The lowest BCUT2D eigenvalue weighted by atomic mass is 10.3. The molecular formula is C12H10N4O3. The standard InChI is InChI=1S/C12H10N4O3/c17-11(13-7-8-3-2-6-14-16-8)9-4-1-5-10(15-9)12(18)19/h1-6H,7H2,(H,13,17)(H,18,19). The van der Waals surface area contributed by atoms with Gasteiger partial charge in [-0.05, 0) is 24.3 Å². The SMILES string of the molecule is O=C(O)c1cccc(C(=O)NCc2cccnn2)n1. The highest BCUT2D eigenvalue weighted by atomic mass is 16.4. The van der Waals surface area contributed by atoms with Crippen molar-refractivity contribution in [2.24, 2.45) is 0 Å². The summed E-state index contributed by atoms with van der Waals surface area (Å²) in [6, 6.07) is 7.65. The van der Waals surface area contributed by atoms with Crippen LogP contribution in [0.4, 0.5) is 0 Å². The van der Waals surface area contributed by atoms with Crippen molar-refractivity contribution < 1.29 is 14.7 Å². The number of nitrogens with zero attached hydrogens (tertiary/aromatic N) is 3. The number of nitrogens with one attached hydrogen (secondary N) is 1. The Morgan fingerprint density at radius 2 is 1.95 bits per heavy atom. The van der Waals surface area contributed by atoms with Gasteiger partial charge in [0, 0.05) is 6.20 Å². The Bertz CT molecular complexity index is 601. The average molecular weight is 258 g/mol. The zero-order valence-corrected chi connectivity index (χ0v) is 9.78. The van der Waals surface area contributed by atoms with Gasteiger partial charge in [0.2, 0.25) is 0 Å². The van der Waals surface area contributed by atoms with E-state index < -0.39 is 11.9 Å². The van der Waals surface area contributed by atoms with Crippen molar-refractivity contribution >= 4 is 11.9 Å². The van der Waals surface area contributed by atoms with Crippen LogP contribution in [-0.4, -0.2) is 32.2 Å². The minimum absolute atomic E-state index is 0.0452. The van der Waals surface area contributed by atoms with E-state index in [0.717, 1.165) is 0 Å². The number of pyridine rings is 1. The van der Waals surface area contributed by atoms with E-state index in [9.17, 15) is 9.59 Å². The van der Waals surface area contributed by atoms with Gasteiger partial charge in [0.05, 0.1) is 12.2 Å². The Labute approximate surface area is 108 Å². The molecule has 7 nitrogen and oxygen atoms in total. The van der Waals surface area contributed by atoms with E-state index in [2.05, 4.69) is 20.5 Å². The molecular weight excluding hydrogens is 248 g/mol. The Morgan fingerprint density at radius 3 is 2.63 bits per heavy atom. The fraction of sp³-hybridized carbons (Fsp3) is 0.0833. The van der Waals surface area contributed by atoms with Gasteiger partial charge in [-0.15, -0.1) is 0 Å². The van der Waals surface area contributed by atoms with Crippen molar-refractivity contribution in [3.63, 3.8) is 0 Å². The number of carboxylic acid groups (broad SMARTS) is 1. The minimum Gasteiger partial charge on any atom is -0.477 e. The topological polar surface area (TPSA) is 105 Å². The Hall–Kier alpha value is -2.83. The van der Waals surface area contributed by atoms with Crippen LogP contribution in [0.25, 0.3) is 0 Å². The van der Waals surface area contributed by atoms with Crippen LogP contribution in [0, 0.1) is 0 Å². The number of hydrogen-bond acceptors (Lipinski definition) is 5. The van der Waals surface area contributed by atoms with E-state index >= 15 is 0 Å². The molecule has 1 amide bonds. The van der Waals surface area contributed by atoms with E-state index in [1.165, 1.54) is 24.4 Å². The molecule has 2 aromatic rings. The molecule has 19 heavy (non-hydrogen) atoms. The van der Waals surface area contributed by atoms with Crippen molar-refractivity contribution in [3.8, 4) is 0 Å².